The van der Waals surface area contributed by atoms with Crippen LogP contribution in [0.1, 0.15) is 18.7 Å². The normalized spacial score (nSPS) is 11.0. The van der Waals surface area contributed by atoms with E-state index >= 15 is 0 Å². The van der Waals surface area contributed by atoms with Gasteiger partial charge in [0.15, 0.2) is 0 Å². The highest BCUT2D eigenvalue weighted by molar-refractivity contribution is 6.32. The van der Waals surface area contributed by atoms with Crippen LogP contribution in [0.2, 0.25) is 5.02 Å². The van der Waals surface area contributed by atoms with E-state index in [0.717, 1.165) is 0 Å². The largest absolute Gasteiger partial charge is 0.495 e. The van der Waals surface area contributed by atoms with Crippen molar-refractivity contribution in [2.75, 3.05) is 12.4 Å². The van der Waals surface area contributed by atoms with E-state index in [9.17, 15) is 14.0 Å². The lowest BCUT2D eigenvalue weighted by Crippen LogP contribution is -2.20. The van der Waals surface area contributed by atoms with Gasteiger partial charge in [0, 0.05) is 36.6 Å². The van der Waals surface area contributed by atoms with Crippen LogP contribution >= 0.6 is 11.6 Å². The van der Waals surface area contributed by atoms with E-state index < -0.39 is 0 Å². The van der Waals surface area contributed by atoms with Gasteiger partial charge >= 0.3 is 5.56 Å². The number of nitrogens with zero attached hydrogens (tertiary/aromatic N) is 4. The summed E-state index contributed by atoms with van der Waals surface area (Å²) in [5.41, 5.74) is 0.893. The highest BCUT2D eigenvalue weighted by Gasteiger charge is 2.13. The fourth-order valence-electron chi connectivity index (χ4n) is 3.29. The monoisotopic (exact) mass is 455 g/mol. The Balaban J connectivity index is 1.41. The number of amides is 1. The lowest BCUT2D eigenvalue weighted by Gasteiger charge is -2.08. The zero-order valence-electron chi connectivity index (χ0n) is 17.1. The third-order valence-corrected chi connectivity index (χ3v) is 5.18. The van der Waals surface area contributed by atoms with Gasteiger partial charge in [-0.05, 0) is 48.9 Å². The number of hydrogen-bond donors (Lipinski definition) is 1. The van der Waals surface area contributed by atoms with Crippen molar-refractivity contribution in [2.45, 2.75) is 19.3 Å². The Kier molecular flexibility index (Phi) is 6.18. The smallest absolute Gasteiger partial charge is 0.300 e. The third kappa shape index (κ3) is 4.47. The summed E-state index contributed by atoms with van der Waals surface area (Å²) in [5.74, 6) is 0.552. The minimum absolute atomic E-state index is 0.157. The van der Waals surface area contributed by atoms with Crippen LogP contribution in [0.15, 0.2) is 59.7 Å². The maximum absolute atomic E-state index is 13.2. The van der Waals surface area contributed by atoms with Crippen LogP contribution in [0.4, 0.5) is 10.1 Å². The average molecular weight is 456 g/mol. The molecule has 2 aromatic heterocycles. The molecule has 0 saturated carbocycles. The molecule has 0 aliphatic carbocycles. The van der Waals surface area contributed by atoms with E-state index in [-0.39, 0.29) is 29.4 Å². The van der Waals surface area contributed by atoms with Gasteiger partial charge in [0.1, 0.15) is 17.4 Å². The van der Waals surface area contributed by atoms with Gasteiger partial charge in [0.25, 0.3) is 0 Å². The number of nitrogens with one attached hydrogen (secondary N) is 1. The third-order valence-electron chi connectivity index (χ3n) is 4.89. The summed E-state index contributed by atoms with van der Waals surface area (Å²) in [5, 5.41) is 11.3. The van der Waals surface area contributed by atoms with Crippen molar-refractivity contribution < 1.29 is 13.9 Å². The Morgan fingerprint density at radius 1 is 1.16 bits per heavy atom. The lowest BCUT2D eigenvalue weighted by atomic mass is 10.2. The number of benzene rings is 2. The molecule has 0 atom stereocenters. The maximum atomic E-state index is 13.2. The number of halogens is 2. The second kappa shape index (κ2) is 9.19. The molecule has 0 aliphatic heterocycles. The Labute approximate surface area is 187 Å². The molecule has 8 nitrogen and oxygen atoms in total. The summed E-state index contributed by atoms with van der Waals surface area (Å²) < 4.78 is 21.2. The SMILES string of the molecule is COc1ccc(NC(=O)CCCc2nnc3c(=O)n(-c4ccc(F)cc4)ccn23)cc1Cl. The van der Waals surface area contributed by atoms with Crippen molar-refractivity contribution in [2.24, 2.45) is 0 Å². The number of hydrogen-bond acceptors (Lipinski definition) is 5. The number of methoxy groups -OCH3 is 1. The molecule has 1 N–H and O–H groups in total. The predicted octanol–water partition coefficient (Wildman–Crippen LogP) is 3.64. The maximum Gasteiger partial charge on any atom is 0.300 e. The number of ether oxygens (including phenoxy) is 1. The molecule has 0 bridgehead atoms. The second-order valence-electron chi connectivity index (χ2n) is 7.01. The van der Waals surface area contributed by atoms with Gasteiger partial charge in [0.05, 0.1) is 12.1 Å². The van der Waals surface area contributed by atoms with Crippen molar-refractivity contribution >= 4 is 28.8 Å². The van der Waals surface area contributed by atoms with Crippen LogP contribution < -0.4 is 15.6 Å². The van der Waals surface area contributed by atoms with Crippen molar-refractivity contribution in [3.8, 4) is 11.4 Å². The number of anilines is 1. The molecule has 32 heavy (non-hydrogen) atoms. The first-order chi connectivity index (χ1) is 15.5. The molecule has 0 unspecified atom stereocenters. The quantitative estimate of drug-likeness (QED) is 0.459. The second-order valence-corrected chi connectivity index (χ2v) is 7.42. The van der Waals surface area contributed by atoms with E-state index in [2.05, 4.69) is 15.5 Å². The summed E-state index contributed by atoms with van der Waals surface area (Å²) in [6.07, 6.45) is 4.48. The van der Waals surface area contributed by atoms with E-state index in [0.29, 0.717) is 40.8 Å². The zero-order valence-corrected chi connectivity index (χ0v) is 17.8. The lowest BCUT2D eigenvalue weighted by molar-refractivity contribution is -0.116. The van der Waals surface area contributed by atoms with Crippen LogP contribution in [0.5, 0.6) is 5.75 Å². The van der Waals surface area contributed by atoms with E-state index in [4.69, 9.17) is 16.3 Å². The number of aryl methyl sites for hydroxylation is 1. The molecular weight excluding hydrogens is 437 g/mol. The topological polar surface area (TPSA) is 90.5 Å². The molecule has 2 heterocycles. The van der Waals surface area contributed by atoms with Gasteiger partial charge < -0.3 is 10.1 Å². The molecule has 10 heteroatoms. The van der Waals surface area contributed by atoms with Crippen LogP contribution in [-0.4, -0.2) is 32.2 Å². The average Bonchev–Trinajstić information content (AvgIpc) is 3.19. The van der Waals surface area contributed by atoms with Gasteiger partial charge in [-0.15, -0.1) is 10.2 Å². The van der Waals surface area contributed by atoms with Crippen molar-refractivity contribution in [3.63, 3.8) is 0 Å². The first-order valence-corrected chi connectivity index (χ1v) is 10.2. The summed E-state index contributed by atoms with van der Waals surface area (Å²) in [7, 11) is 1.52. The minimum atomic E-state index is -0.383. The van der Waals surface area contributed by atoms with Gasteiger partial charge in [-0.3, -0.25) is 18.6 Å². The predicted molar refractivity (Wildman–Crippen MR) is 118 cm³/mol. The van der Waals surface area contributed by atoms with E-state index in [1.54, 1.807) is 35.0 Å². The first kappa shape index (κ1) is 21.5. The van der Waals surface area contributed by atoms with Crippen LogP contribution in [0.25, 0.3) is 11.3 Å². The standard InChI is InChI=1S/C22H19ClFN5O3/c1-32-18-10-7-15(13-17(18)23)25-20(30)4-2-3-19-26-27-21-22(31)28(11-12-29(19)21)16-8-5-14(24)6-9-16/h5-13H,2-4H2,1H3,(H,25,30). The fraction of sp³-hybridized carbons (Fsp3) is 0.182. The molecule has 0 aliphatic rings. The van der Waals surface area contributed by atoms with Crippen molar-refractivity contribution in [1.29, 1.82) is 0 Å². The summed E-state index contributed by atoms with van der Waals surface area (Å²) in [4.78, 5) is 25.0. The molecule has 0 fully saturated rings. The number of carbonyl (C=O) groups excluding carboxylic acids is 1. The van der Waals surface area contributed by atoms with E-state index in [1.807, 2.05) is 0 Å². The van der Waals surface area contributed by atoms with Crippen LogP contribution in [0.3, 0.4) is 0 Å². The van der Waals surface area contributed by atoms with E-state index in [1.165, 1.54) is 35.9 Å². The van der Waals surface area contributed by atoms with Gasteiger partial charge in [-0.2, -0.15) is 0 Å². The molecule has 4 rings (SSSR count). The Morgan fingerprint density at radius 2 is 1.94 bits per heavy atom. The molecule has 0 saturated heterocycles. The molecule has 4 aromatic rings. The summed E-state index contributed by atoms with van der Waals surface area (Å²) in [6, 6.07) is 10.6. The Morgan fingerprint density at radius 3 is 2.66 bits per heavy atom. The zero-order chi connectivity index (χ0) is 22.7. The number of carbonyl (C=O) groups is 1. The molecule has 0 radical (unpaired) electrons. The number of aromatic nitrogens is 4. The Hall–Kier alpha value is -3.72. The molecular formula is C22H19ClFN5O3. The number of fused-ring (bicyclic) bond motifs is 1. The highest BCUT2D eigenvalue weighted by atomic mass is 35.5. The molecule has 1 amide bonds. The fourth-order valence-corrected chi connectivity index (χ4v) is 3.54. The molecule has 164 valence electrons. The van der Waals surface area contributed by atoms with Crippen molar-refractivity contribution in [3.05, 3.63) is 81.9 Å². The van der Waals surface area contributed by atoms with Gasteiger partial charge in [-0.1, -0.05) is 11.6 Å². The number of rotatable bonds is 7. The summed E-state index contributed by atoms with van der Waals surface area (Å²) in [6.45, 7) is 0. The highest BCUT2D eigenvalue weighted by Crippen LogP contribution is 2.27. The molecule has 0 spiro atoms. The summed E-state index contributed by atoms with van der Waals surface area (Å²) >= 11 is 6.07. The van der Waals surface area contributed by atoms with Crippen LogP contribution in [0, 0.1) is 5.82 Å². The van der Waals surface area contributed by atoms with Crippen LogP contribution in [-0.2, 0) is 11.2 Å². The van der Waals surface area contributed by atoms with Crippen molar-refractivity contribution in [1.82, 2.24) is 19.2 Å². The van der Waals surface area contributed by atoms with Gasteiger partial charge in [-0.25, -0.2) is 4.39 Å². The minimum Gasteiger partial charge on any atom is -0.495 e. The van der Waals surface area contributed by atoms with Gasteiger partial charge in [0.2, 0.25) is 11.6 Å². The molecule has 2 aromatic carbocycles. The first-order valence-electron chi connectivity index (χ1n) is 9.81. The Bertz CT molecular complexity index is 1330.